The van der Waals surface area contributed by atoms with Gasteiger partial charge in [0.25, 0.3) is 0 Å². The van der Waals surface area contributed by atoms with E-state index in [1.807, 2.05) is 0 Å². The average Bonchev–Trinajstić information content (AvgIpc) is 2.58. The van der Waals surface area contributed by atoms with Crippen LogP contribution < -0.4 is 5.73 Å². The van der Waals surface area contributed by atoms with Crippen molar-refractivity contribution < 1.29 is 4.39 Å². The molecule has 1 heterocycles. The maximum atomic E-state index is 13.1. The third kappa shape index (κ3) is 1.94. The van der Waals surface area contributed by atoms with Gasteiger partial charge >= 0.3 is 0 Å². The molecule has 0 bridgehead atoms. The van der Waals surface area contributed by atoms with Crippen LogP contribution in [0.3, 0.4) is 0 Å². The molecule has 1 aromatic heterocycles. The summed E-state index contributed by atoms with van der Waals surface area (Å²) in [6, 6.07) is 5.68. The van der Waals surface area contributed by atoms with Gasteiger partial charge in [0.05, 0.1) is 23.0 Å². The Hall–Kier alpha value is -1.39. The second-order valence-electron chi connectivity index (χ2n) is 3.53. The van der Waals surface area contributed by atoms with Gasteiger partial charge in [0, 0.05) is 7.05 Å². The topological polar surface area (TPSA) is 43.8 Å². The van der Waals surface area contributed by atoms with Crippen LogP contribution in [0, 0.1) is 5.82 Å². The lowest BCUT2D eigenvalue weighted by Gasteiger charge is -2.13. The van der Waals surface area contributed by atoms with E-state index in [1.165, 1.54) is 18.3 Å². The van der Waals surface area contributed by atoms with Gasteiger partial charge < -0.3 is 5.73 Å². The molecular formula is C11H11ClFN3. The second-order valence-corrected chi connectivity index (χ2v) is 3.94. The molecule has 0 aliphatic carbocycles. The molecule has 84 valence electrons. The number of nitrogens with zero attached hydrogens (tertiary/aromatic N) is 2. The summed E-state index contributed by atoms with van der Waals surface area (Å²) in [4.78, 5) is 0. The van der Waals surface area contributed by atoms with Gasteiger partial charge in [-0.05, 0) is 17.7 Å². The van der Waals surface area contributed by atoms with Crippen LogP contribution in [-0.2, 0) is 7.05 Å². The molecule has 0 amide bonds. The summed E-state index contributed by atoms with van der Waals surface area (Å²) >= 11 is 5.97. The predicted molar refractivity (Wildman–Crippen MR) is 60.6 cm³/mol. The normalized spacial score (nSPS) is 12.8. The zero-order chi connectivity index (χ0) is 11.7. The highest BCUT2D eigenvalue weighted by Gasteiger charge is 2.17. The molecule has 0 spiro atoms. The van der Waals surface area contributed by atoms with Crippen molar-refractivity contribution >= 4 is 11.6 Å². The first-order valence-corrected chi connectivity index (χ1v) is 5.16. The highest BCUT2D eigenvalue weighted by Crippen LogP contribution is 2.25. The van der Waals surface area contributed by atoms with E-state index in [0.717, 1.165) is 0 Å². The Morgan fingerprint density at radius 3 is 2.81 bits per heavy atom. The molecular weight excluding hydrogens is 229 g/mol. The van der Waals surface area contributed by atoms with Crippen LogP contribution in [0.4, 0.5) is 4.39 Å². The van der Waals surface area contributed by atoms with Crippen molar-refractivity contribution in [2.45, 2.75) is 6.04 Å². The number of aryl methyl sites for hydroxylation is 1. The minimum absolute atomic E-state index is 0.314. The molecule has 0 fully saturated rings. The first-order chi connectivity index (χ1) is 7.59. The largest absolute Gasteiger partial charge is 0.319 e. The molecule has 2 N–H and O–H groups in total. The van der Waals surface area contributed by atoms with Gasteiger partial charge in [-0.2, -0.15) is 5.10 Å². The molecule has 0 saturated carbocycles. The van der Waals surface area contributed by atoms with Crippen LogP contribution in [0.1, 0.15) is 17.3 Å². The van der Waals surface area contributed by atoms with Crippen molar-refractivity contribution in [3.8, 4) is 0 Å². The number of rotatable bonds is 2. The van der Waals surface area contributed by atoms with Crippen molar-refractivity contribution in [1.29, 1.82) is 0 Å². The van der Waals surface area contributed by atoms with Crippen LogP contribution in [-0.4, -0.2) is 9.78 Å². The van der Waals surface area contributed by atoms with E-state index < -0.39 is 6.04 Å². The summed E-state index contributed by atoms with van der Waals surface area (Å²) in [6.07, 6.45) is 1.52. The summed E-state index contributed by atoms with van der Waals surface area (Å²) in [5.74, 6) is -0.314. The van der Waals surface area contributed by atoms with Crippen molar-refractivity contribution in [1.82, 2.24) is 9.78 Å². The summed E-state index contributed by atoms with van der Waals surface area (Å²) in [6.45, 7) is 0. The highest BCUT2D eigenvalue weighted by molar-refractivity contribution is 6.31. The summed E-state index contributed by atoms with van der Waals surface area (Å²) < 4.78 is 14.7. The fourth-order valence-electron chi connectivity index (χ4n) is 1.63. The van der Waals surface area contributed by atoms with Crippen LogP contribution >= 0.6 is 11.6 Å². The van der Waals surface area contributed by atoms with E-state index in [-0.39, 0.29) is 5.82 Å². The number of hydrogen-bond acceptors (Lipinski definition) is 2. The third-order valence-electron chi connectivity index (χ3n) is 2.44. The van der Waals surface area contributed by atoms with Crippen molar-refractivity contribution in [3.05, 3.63) is 52.6 Å². The van der Waals surface area contributed by atoms with Crippen molar-refractivity contribution in [3.63, 3.8) is 0 Å². The number of aromatic nitrogens is 2. The second kappa shape index (κ2) is 4.23. The Kier molecular flexibility index (Phi) is 2.94. The van der Waals surface area contributed by atoms with Crippen LogP contribution in [0.2, 0.25) is 5.02 Å². The van der Waals surface area contributed by atoms with Gasteiger partial charge in [0.15, 0.2) is 0 Å². The lowest BCUT2D eigenvalue weighted by atomic mass is 10.0. The molecule has 0 radical (unpaired) electrons. The van der Waals surface area contributed by atoms with Gasteiger partial charge in [0.2, 0.25) is 0 Å². The highest BCUT2D eigenvalue weighted by atomic mass is 35.5. The fourth-order valence-corrected chi connectivity index (χ4v) is 1.91. The number of nitrogens with two attached hydrogens (primary N) is 1. The smallest absolute Gasteiger partial charge is 0.123 e. The van der Waals surface area contributed by atoms with Gasteiger partial charge in [-0.25, -0.2) is 4.39 Å². The standard InChI is InChI=1S/C11H11ClFN3/c1-16-11(9(12)6-15-16)10(14)7-3-2-4-8(13)5-7/h2-6,10H,14H2,1H3. The Labute approximate surface area is 97.6 Å². The fraction of sp³-hybridized carbons (Fsp3) is 0.182. The minimum Gasteiger partial charge on any atom is -0.319 e. The Morgan fingerprint density at radius 2 is 2.25 bits per heavy atom. The molecule has 0 aliphatic rings. The maximum absolute atomic E-state index is 13.1. The van der Waals surface area contributed by atoms with E-state index in [2.05, 4.69) is 5.10 Å². The third-order valence-corrected chi connectivity index (χ3v) is 2.73. The monoisotopic (exact) mass is 239 g/mol. The molecule has 2 aromatic rings. The lowest BCUT2D eigenvalue weighted by molar-refractivity contribution is 0.619. The van der Waals surface area contributed by atoms with Gasteiger partial charge in [0.1, 0.15) is 5.82 Å². The minimum atomic E-state index is -0.476. The SMILES string of the molecule is Cn1ncc(Cl)c1C(N)c1cccc(F)c1. The molecule has 1 atom stereocenters. The van der Waals surface area contributed by atoms with Gasteiger partial charge in [-0.3, -0.25) is 4.68 Å². The van der Waals surface area contributed by atoms with E-state index >= 15 is 0 Å². The summed E-state index contributed by atoms with van der Waals surface area (Å²) in [5.41, 5.74) is 7.36. The maximum Gasteiger partial charge on any atom is 0.123 e. The van der Waals surface area contributed by atoms with E-state index in [4.69, 9.17) is 17.3 Å². The summed E-state index contributed by atoms with van der Waals surface area (Å²) in [5, 5.41) is 4.48. The molecule has 5 heteroatoms. The Balaban J connectivity index is 2.43. The van der Waals surface area contributed by atoms with Crippen LogP contribution in [0.5, 0.6) is 0 Å². The molecule has 2 rings (SSSR count). The average molecular weight is 240 g/mol. The van der Waals surface area contributed by atoms with E-state index in [1.54, 1.807) is 23.9 Å². The Morgan fingerprint density at radius 1 is 1.50 bits per heavy atom. The predicted octanol–water partition coefficient (Wildman–Crippen LogP) is 2.26. The zero-order valence-electron chi connectivity index (χ0n) is 8.69. The van der Waals surface area contributed by atoms with Crippen molar-refractivity contribution in [2.75, 3.05) is 0 Å². The number of hydrogen-bond donors (Lipinski definition) is 1. The first-order valence-electron chi connectivity index (χ1n) is 4.78. The number of benzene rings is 1. The van der Waals surface area contributed by atoms with Gasteiger partial charge in [-0.1, -0.05) is 23.7 Å². The van der Waals surface area contributed by atoms with Crippen LogP contribution in [0.15, 0.2) is 30.5 Å². The molecule has 0 aliphatic heterocycles. The Bertz CT molecular complexity index is 490. The van der Waals surface area contributed by atoms with Crippen molar-refractivity contribution in [2.24, 2.45) is 12.8 Å². The molecule has 0 saturated heterocycles. The first kappa shape index (κ1) is 11.1. The van der Waals surface area contributed by atoms with Gasteiger partial charge in [-0.15, -0.1) is 0 Å². The summed E-state index contributed by atoms with van der Waals surface area (Å²) in [7, 11) is 1.75. The molecule has 3 nitrogen and oxygen atoms in total. The number of halogens is 2. The van der Waals surface area contributed by atoms with Crippen LogP contribution in [0.25, 0.3) is 0 Å². The lowest BCUT2D eigenvalue weighted by Crippen LogP contribution is -2.16. The van der Waals surface area contributed by atoms with E-state index in [9.17, 15) is 4.39 Å². The molecule has 1 aromatic carbocycles. The van der Waals surface area contributed by atoms with E-state index in [0.29, 0.717) is 16.3 Å². The quantitative estimate of drug-likeness (QED) is 0.874. The molecule has 16 heavy (non-hydrogen) atoms. The zero-order valence-corrected chi connectivity index (χ0v) is 9.45. The molecule has 1 unspecified atom stereocenters.